The average Bonchev–Trinajstić information content (AvgIpc) is 2.96. The minimum atomic E-state index is 0.0615. The minimum Gasteiger partial charge on any atom is -0.378 e. The van der Waals surface area contributed by atoms with E-state index in [4.69, 9.17) is 4.74 Å². The van der Waals surface area contributed by atoms with Gasteiger partial charge in [0.2, 0.25) is 5.91 Å². The lowest BCUT2D eigenvalue weighted by Crippen LogP contribution is -2.44. The van der Waals surface area contributed by atoms with Gasteiger partial charge in [-0.15, -0.1) is 5.10 Å². The molecular weight excluding hydrogens is 282 g/mol. The zero-order valence-electron chi connectivity index (χ0n) is 12.5. The molecule has 3 rings (SSSR count). The van der Waals surface area contributed by atoms with Gasteiger partial charge in [0.05, 0.1) is 18.7 Å². The number of fused-ring (bicyclic) bond motifs is 1. The summed E-state index contributed by atoms with van der Waals surface area (Å²) in [7, 11) is 0. The summed E-state index contributed by atoms with van der Waals surface area (Å²) in [6.45, 7) is 3.53. The van der Waals surface area contributed by atoms with Crippen molar-refractivity contribution >= 4 is 16.9 Å². The molecule has 1 atom stereocenters. The van der Waals surface area contributed by atoms with Crippen LogP contribution in [0.4, 0.5) is 0 Å². The van der Waals surface area contributed by atoms with E-state index in [1.54, 1.807) is 0 Å². The third-order valence-corrected chi connectivity index (χ3v) is 3.72. The molecule has 1 saturated heterocycles. The van der Waals surface area contributed by atoms with Gasteiger partial charge in [-0.2, -0.15) is 0 Å². The Bertz CT molecular complexity index is 621. The van der Waals surface area contributed by atoms with Gasteiger partial charge in [0.25, 0.3) is 0 Å². The molecule has 0 radical (unpaired) electrons. The Hall–Kier alpha value is -1.99. The van der Waals surface area contributed by atoms with Crippen LogP contribution in [0.1, 0.15) is 12.8 Å². The Kier molecular flexibility index (Phi) is 4.97. The van der Waals surface area contributed by atoms with Crippen molar-refractivity contribution in [1.29, 1.82) is 0 Å². The van der Waals surface area contributed by atoms with E-state index in [9.17, 15) is 4.79 Å². The summed E-state index contributed by atoms with van der Waals surface area (Å²) < 4.78 is 7.21. The Labute approximate surface area is 129 Å². The summed E-state index contributed by atoms with van der Waals surface area (Å²) in [6, 6.07) is 8.00. The van der Waals surface area contributed by atoms with E-state index in [0.29, 0.717) is 19.6 Å². The van der Waals surface area contributed by atoms with Crippen LogP contribution in [0.5, 0.6) is 0 Å². The van der Waals surface area contributed by atoms with E-state index in [1.807, 2.05) is 28.9 Å². The lowest BCUT2D eigenvalue weighted by atomic mass is 10.2. The molecule has 1 amide bonds. The van der Waals surface area contributed by atoms with Gasteiger partial charge in [0.15, 0.2) is 0 Å². The quantitative estimate of drug-likeness (QED) is 0.751. The lowest BCUT2D eigenvalue weighted by molar-refractivity contribution is -0.122. The largest absolute Gasteiger partial charge is 0.378 e. The van der Waals surface area contributed by atoms with E-state index in [1.165, 1.54) is 0 Å². The molecule has 2 N–H and O–H groups in total. The molecule has 0 saturated carbocycles. The molecule has 0 aliphatic carbocycles. The van der Waals surface area contributed by atoms with Crippen molar-refractivity contribution in [1.82, 2.24) is 25.6 Å². The van der Waals surface area contributed by atoms with Crippen LogP contribution in [0.15, 0.2) is 24.3 Å². The first-order chi connectivity index (χ1) is 10.8. The topological polar surface area (TPSA) is 81.1 Å². The van der Waals surface area contributed by atoms with Crippen LogP contribution >= 0.6 is 0 Å². The number of morpholine rings is 1. The van der Waals surface area contributed by atoms with Gasteiger partial charge < -0.3 is 15.4 Å². The second kappa shape index (κ2) is 7.33. The van der Waals surface area contributed by atoms with Crippen LogP contribution in [0.3, 0.4) is 0 Å². The Balaban J connectivity index is 1.39. The molecule has 118 valence electrons. The number of para-hydroxylation sites is 1. The Morgan fingerprint density at radius 1 is 1.45 bits per heavy atom. The fourth-order valence-electron chi connectivity index (χ4n) is 2.59. The first kappa shape index (κ1) is 14.9. The molecule has 1 aliphatic heterocycles. The van der Waals surface area contributed by atoms with Crippen molar-refractivity contribution < 1.29 is 9.53 Å². The highest BCUT2D eigenvalue weighted by Crippen LogP contribution is 2.09. The average molecular weight is 303 g/mol. The molecule has 0 unspecified atom stereocenters. The number of benzene rings is 1. The van der Waals surface area contributed by atoms with Crippen molar-refractivity contribution in [2.24, 2.45) is 0 Å². The molecule has 1 aromatic carbocycles. The number of ether oxygens (including phenoxy) is 1. The summed E-state index contributed by atoms with van der Waals surface area (Å²) in [6.07, 6.45) is 1.29. The smallest absolute Gasteiger partial charge is 0.221 e. The van der Waals surface area contributed by atoms with Crippen LogP contribution in [0.25, 0.3) is 11.0 Å². The number of aryl methyl sites for hydroxylation is 1. The molecule has 2 heterocycles. The first-order valence-electron chi connectivity index (χ1n) is 7.69. The number of nitrogens with zero attached hydrogens (tertiary/aromatic N) is 3. The highest BCUT2D eigenvalue weighted by atomic mass is 16.5. The molecule has 1 aromatic heterocycles. The summed E-state index contributed by atoms with van der Waals surface area (Å²) in [5, 5.41) is 14.5. The number of carbonyl (C=O) groups is 1. The summed E-state index contributed by atoms with van der Waals surface area (Å²) in [4.78, 5) is 11.8. The normalized spacial score (nSPS) is 18.5. The van der Waals surface area contributed by atoms with E-state index in [0.717, 1.165) is 37.2 Å². The van der Waals surface area contributed by atoms with Gasteiger partial charge in [-0.05, 0) is 18.6 Å². The maximum atomic E-state index is 11.8. The van der Waals surface area contributed by atoms with Crippen LogP contribution in [-0.4, -0.2) is 53.2 Å². The summed E-state index contributed by atoms with van der Waals surface area (Å²) in [5.74, 6) is 0.0615. The van der Waals surface area contributed by atoms with Crippen molar-refractivity contribution in [3.63, 3.8) is 0 Å². The number of hydrogen-bond donors (Lipinski definition) is 2. The SMILES string of the molecule is O=C(C[C@H]1COCCN1)NCCCn1nnc2ccccc21. The summed E-state index contributed by atoms with van der Waals surface area (Å²) in [5.41, 5.74) is 1.92. The second-order valence-corrected chi connectivity index (χ2v) is 5.43. The molecule has 7 nitrogen and oxygen atoms in total. The minimum absolute atomic E-state index is 0.0615. The van der Waals surface area contributed by atoms with Gasteiger partial charge in [0.1, 0.15) is 5.52 Å². The monoisotopic (exact) mass is 303 g/mol. The van der Waals surface area contributed by atoms with Crippen LogP contribution in [-0.2, 0) is 16.1 Å². The highest BCUT2D eigenvalue weighted by molar-refractivity contribution is 5.76. The van der Waals surface area contributed by atoms with Gasteiger partial charge >= 0.3 is 0 Å². The lowest BCUT2D eigenvalue weighted by Gasteiger charge is -2.23. The number of nitrogens with one attached hydrogen (secondary N) is 2. The molecule has 22 heavy (non-hydrogen) atoms. The molecule has 1 fully saturated rings. The molecule has 0 spiro atoms. The maximum absolute atomic E-state index is 11.8. The number of aromatic nitrogens is 3. The molecular formula is C15H21N5O2. The van der Waals surface area contributed by atoms with Crippen LogP contribution in [0, 0.1) is 0 Å². The highest BCUT2D eigenvalue weighted by Gasteiger charge is 2.16. The first-order valence-corrected chi connectivity index (χ1v) is 7.69. The number of carbonyl (C=O) groups excluding carboxylic acids is 1. The van der Waals surface area contributed by atoms with Gasteiger partial charge in [-0.1, -0.05) is 17.3 Å². The zero-order valence-corrected chi connectivity index (χ0v) is 12.5. The second-order valence-electron chi connectivity index (χ2n) is 5.43. The van der Waals surface area contributed by atoms with Crippen molar-refractivity contribution in [2.45, 2.75) is 25.4 Å². The van der Waals surface area contributed by atoms with Crippen molar-refractivity contribution in [2.75, 3.05) is 26.3 Å². The predicted molar refractivity (Wildman–Crippen MR) is 82.4 cm³/mol. The molecule has 2 aromatic rings. The fraction of sp³-hybridized carbons (Fsp3) is 0.533. The van der Waals surface area contributed by atoms with Gasteiger partial charge in [-0.3, -0.25) is 4.79 Å². The number of hydrogen-bond acceptors (Lipinski definition) is 5. The fourth-order valence-corrected chi connectivity index (χ4v) is 2.59. The van der Waals surface area contributed by atoms with Crippen molar-refractivity contribution in [3.05, 3.63) is 24.3 Å². The van der Waals surface area contributed by atoms with Gasteiger partial charge in [0, 0.05) is 32.1 Å². The van der Waals surface area contributed by atoms with E-state index in [2.05, 4.69) is 20.9 Å². The van der Waals surface area contributed by atoms with E-state index in [-0.39, 0.29) is 11.9 Å². The van der Waals surface area contributed by atoms with Crippen LogP contribution in [0.2, 0.25) is 0 Å². The number of rotatable bonds is 6. The molecule has 0 bridgehead atoms. The maximum Gasteiger partial charge on any atom is 0.221 e. The number of amides is 1. The molecule has 1 aliphatic rings. The van der Waals surface area contributed by atoms with Gasteiger partial charge in [-0.25, -0.2) is 4.68 Å². The third kappa shape index (κ3) is 3.80. The van der Waals surface area contributed by atoms with E-state index >= 15 is 0 Å². The third-order valence-electron chi connectivity index (χ3n) is 3.72. The van der Waals surface area contributed by atoms with Crippen molar-refractivity contribution in [3.8, 4) is 0 Å². The van der Waals surface area contributed by atoms with E-state index < -0.39 is 0 Å². The Morgan fingerprint density at radius 2 is 2.36 bits per heavy atom. The summed E-state index contributed by atoms with van der Waals surface area (Å²) >= 11 is 0. The standard InChI is InChI=1S/C15H21N5O2/c21-15(10-12-11-22-9-7-16-12)17-6-3-8-20-14-5-2-1-4-13(14)18-19-20/h1-2,4-5,12,16H,3,6-11H2,(H,17,21)/t12-/m0/s1. The Morgan fingerprint density at radius 3 is 3.23 bits per heavy atom. The van der Waals surface area contributed by atoms with Crippen LogP contribution < -0.4 is 10.6 Å². The molecule has 7 heteroatoms. The zero-order chi connectivity index (χ0) is 15.2. The predicted octanol–water partition coefficient (Wildman–Crippen LogP) is 0.316.